The minimum absolute atomic E-state index is 0.510. The van der Waals surface area contributed by atoms with Gasteiger partial charge in [-0.05, 0) is 95.3 Å². The fourth-order valence-corrected chi connectivity index (χ4v) is 7.58. The maximum absolute atomic E-state index is 5.65. The van der Waals surface area contributed by atoms with Crippen molar-refractivity contribution in [1.29, 1.82) is 0 Å². The van der Waals surface area contributed by atoms with Crippen LogP contribution in [0.3, 0.4) is 0 Å². The fraction of sp³-hybridized carbons (Fsp3) is 0.286. The molecule has 3 heteroatoms. The van der Waals surface area contributed by atoms with E-state index in [1.165, 1.54) is 57.1 Å². The topological polar surface area (TPSA) is 9.23 Å². The quantitative estimate of drug-likeness (QED) is 0.298. The Morgan fingerprint density at radius 3 is 2.58 bits per heavy atom. The highest BCUT2D eigenvalue weighted by molar-refractivity contribution is 7.99. The third-order valence-electron chi connectivity index (χ3n) is 6.85. The number of hydrogen-bond donors (Lipinski definition) is 0. The monoisotopic (exact) mass is 442 g/mol. The van der Waals surface area contributed by atoms with E-state index < -0.39 is 0 Å². The first kappa shape index (κ1) is 19.6. The van der Waals surface area contributed by atoms with Crippen LogP contribution in [0.2, 0.25) is 0 Å². The molecule has 0 radical (unpaired) electrons. The van der Waals surface area contributed by atoms with Crippen LogP contribution in [0.15, 0.2) is 69.3 Å². The molecule has 3 aliphatic rings. The van der Waals surface area contributed by atoms with Crippen molar-refractivity contribution in [3.8, 4) is 5.75 Å². The third kappa shape index (κ3) is 3.16. The number of allylic oxidation sites excluding steroid dienone is 1. The number of aryl methyl sites for hydroxylation is 1. The first-order valence-electron chi connectivity index (χ1n) is 11.2. The molecule has 1 nitrogen and oxygen atoms in total. The summed E-state index contributed by atoms with van der Waals surface area (Å²) < 4.78 is 5.65. The van der Waals surface area contributed by atoms with Crippen molar-refractivity contribution in [2.45, 2.75) is 47.3 Å². The zero-order chi connectivity index (χ0) is 20.9. The van der Waals surface area contributed by atoms with E-state index in [1.807, 2.05) is 23.5 Å². The van der Waals surface area contributed by atoms with Crippen molar-refractivity contribution in [3.63, 3.8) is 0 Å². The summed E-state index contributed by atoms with van der Waals surface area (Å²) in [5.41, 5.74) is 10.4. The minimum Gasteiger partial charge on any atom is -0.497 e. The van der Waals surface area contributed by atoms with Gasteiger partial charge in [0.05, 0.1) is 7.11 Å². The van der Waals surface area contributed by atoms with E-state index in [-0.39, 0.29) is 0 Å². The summed E-state index contributed by atoms with van der Waals surface area (Å²) in [5, 5.41) is 0. The molecule has 6 rings (SSSR count). The van der Waals surface area contributed by atoms with E-state index in [2.05, 4.69) is 61.5 Å². The number of rotatable bonds is 1. The van der Waals surface area contributed by atoms with Crippen LogP contribution in [0.5, 0.6) is 5.75 Å². The zero-order valence-electron chi connectivity index (χ0n) is 18.0. The number of thioether (sulfide) groups is 1. The molecule has 31 heavy (non-hydrogen) atoms. The largest absolute Gasteiger partial charge is 0.497 e. The Hall–Kier alpha value is -2.10. The van der Waals surface area contributed by atoms with Gasteiger partial charge in [-0.1, -0.05) is 43.0 Å². The molecule has 0 aromatic heterocycles. The van der Waals surface area contributed by atoms with E-state index in [9.17, 15) is 0 Å². The number of benzene rings is 3. The molecule has 2 heterocycles. The molecule has 0 fully saturated rings. The van der Waals surface area contributed by atoms with E-state index in [0.717, 1.165) is 11.5 Å². The summed E-state index contributed by atoms with van der Waals surface area (Å²) in [7, 11) is 1.77. The highest BCUT2D eigenvalue weighted by Gasteiger charge is 2.32. The van der Waals surface area contributed by atoms with E-state index >= 15 is 0 Å². The molecule has 0 N–H and O–H groups in total. The predicted molar refractivity (Wildman–Crippen MR) is 132 cm³/mol. The lowest BCUT2D eigenvalue weighted by Gasteiger charge is -2.34. The maximum Gasteiger partial charge on any atom is 0.119 e. The van der Waals surface area contributed by atoms with Gasteiger partial charge in [0.1, 0.15) is 5.75 Å². The molecule has 0 bridgehead atoms. The summed E-state index contributed by atoms with van der Waals surface area (Å²) >= 11 is 3.93. The Labute approximate surface area is 193 Å². The Bertz CT molecular complexity index is 1220. The van der Waals surface area contributed by atoms with Gasteiger partial charge in [-0.15, -0.1) is 11.8 Å². The van der Waals surface area contributed by atoms with Crippen molar-refractivity contribution in [1.82, 2.24) is 0 Å². The molecule has 0 amide bonds. The van der Waals surface area contributed by atoms with Crippen molar-refractivity contribution >= 4 is 34.7 Å². The summed E-state index contributed by atoms with van der Waals surface area (Å²) in [5.74, 6) is 2.58. The average molecular weight is 443 g/mol. The number of methoxy groups -OCH3 is 1. The first-order chi connectivity index (χ1) is 15.2. The zero-order valence-corrected chi connectivity index (χ0v) is 19.7. The number of fused-ring (bicyclic) bond motifs is 5. The van der Waals surface area contributed by atoms with Gasteiger partial charge in [-0.3, -0.25) is 0 Å². The molecule has 3 aromatic carbocycles. The third-order valence-corrected chi connectivity index (χ3v) is 9.32. The lowest BCUT2D eigenvalue weighted by Crippen LogP contribution is -2.17. The molecule has 1 atom stereocenters. The van der Waals surface area contributed by atoms with E-state index in [1.54, 1.807) is 29.4 Å². The second kappa shape index (κ2) is 7.79. The molecule has 2 aliphatic heterocycles. The standard InChI is InChI=1S/C28H26OS2/c1-17-16-30-25-13-11-18-7-3-4-8-20(18)28(25)26(17)27-21-9-5-6-10-23(21)31-24-14-12-19(29-2)15-22(24)27/h5-6,9-15,17H,3-4,7-8,16H2,1-2H3/b27-26+/t17-/m0/s1. The molecular weight excluding hydrogens is 416 g/mol. The summed E-state index contributed by atoms with van der Waals surface area (Å²) in [6, 6.07) is 20.3. The Morgan fingerprint density at radius 1 is 0.871 bits per heavy atom. The van der Waals surface area contributed by atoms with Crippen molar-refractivity contribution in [3.05, 3.63) is 82.4 Å². The van der Waals surface area contributed by atoms with Crippen molar-refractivity contribution in [2.24, 2.45) is 5.92 Å². The highest BCUT2D eigenvalue weighted by atomic mass is 32.2. The van der Waals surface area contributed by atoms with Crippen LogP contribution in [-0.2, 0) is 12.8 Å². The summed E-state index contributed by atoms with van der Waals surface area (Å²) in [6.07, 6.45) is 5.06. The highest BCUT2D eigenvalue weighted by Crippen LogP contribution is 2.54. The van der Waals surface area contributed by atoms with Crippen molar-refractivity contribution in [2.75, 3.05) is 12.9 Å². The van der Waals surface area contributed by atoms with Gasteiger partial charge < -0.3 is 4.74 Å². The fourth-order valence-electron chi connectivity index (χ4n) is 5.37. The smallest absolute Gasteiger partial charge is 0.119 e. The Morgan fingerprint density at radius 2 is 1.68 bits per heavy atom. The lowest BCUT2D eigenvalue weighted by atomic mass is 9.78. The van der Waals surface area contributed by atoms with Crippen LogP contribution >= 0.6 is 23.5 Å². The second-order valence-electron chi connectivity index (χ2n) is 8.74. The molecule has 156 valence electrons. The summed E-state index contributed by atoms with van der Waals surface area (Å²) in [4.78, 5) is 4.17. The van der Waals surface area contributed by atoms with Crippen molar-refractivity contribution < 1.29 is 4.74 Å². The molecule has 3 aromatic rings. The molecule has 0 saturated heterocycles. The van der Waals surface area contributed by atoms with Gasteiger partial charge in [0.15, 0.2) is 0 Å². The van der Waals surface area contributed by atoms with Crippen LogP contribution in [0.25, 0.3) is 11.1 Å². The van der Waals surface area contributed by atoms with Gasteiger partial charge in [0, 0.05) is 26.0 Å². The van der Waals surface area contributed by atoms with Crippen LogP contribution in [0.1, 0.15) is 47.6 Å². The molecule has 0 unspecified atom stereocenters. The summed E-state index contributed by atoms with van der Waals surface area (Å²) in [6.45, 7) is 2.42. The molecule has 1 aliphatic carbocycles. The SMILES string of the molecule is COc1ccc2c(c1)/C(=C1/c3c(ccc4c3CCCC4)SC[C@@H]1C)c1ccccc1S2. The van der Waals surface area contributed by atoms with Crippen LogP contribution in [0.4, 0.5) is 0 Å². The Balaban J connectivity index is 1.72. The number of ether oxygens (including phenoxy) is 1. The number of hydrogen-bond acceptors (Lipinski definition) is 3. The van der Waals surface area contributed by atoms with Gasteiger partial charge in [0.2, 0.25) is 0 Å². The molecule has 0 spiro atoms. The Kier molecular flexibility index (Phi) is 4.92. The maximum atomic E-state index is 5.65. The average Bonchev–Trinajstić information content (AvgIpc) is 2.82. The van der Waals surface area contributed by atoms with Gasteiger partial charge in [-0.2, -0.15) is 0 Å². The van der Waals surface area contributed by atoms with Gasteiger partial charge >= 0.3 is 0 Å². The first-order valence-corrected chi connectivity index (χ1v) is 13.0. The molecule has 0 saturated carbocycles. The van der Waals surface area contributed by atoms with Crippen LogP contribution < -0.4 is 4.74 Å². The lowest BCUT2D eigenvalue weighted by molar-refractivity contribution is 0.414. The normalized spacial score (nSPS) is 21.5. The minimum atomic E-state index is 0.510. The van der Waals surface area contributed by atoms with E-state index in [0.29, 0.717) is 5.92 Å². The van der Waals surface area contributed by atoms with E-state index in [4.69, 9.17) is 4.74 Å². The van der Waals surface area contributed by atoms with Gasteiger partial charge in [0.25, 0.3) is 0 Å². The molecular formula is C28H26OS2. The predicted octanol–water partition coefficient (Wildman–Crippen LogP) is 7.74. The van der Waals surface area contributed by atoms with Gasteiger partial charge in [-0.25, -0.2) is 0 Å². The van der Waals surface area contributed by atoms with Crippen LogP contribution in [-0.4, -0.2) is 12.9 Å². The van der Waals surface area contributed by atoms with Crippen LogP contribution in [0, 0.1) is 5.92 Å². The second-order valence-corrected chi connectivity index (χ2v) is 10.9.